The number of nitrogens with two attached hydrogens (primary N) is 1. The van der Waals surface area contributed by atoms with Crippen LogP contribution in [-0.2, 0) is 4.74 Å². The Labute approximate surface area is 137 Å². The molecule has 1 aromatic heterocycles. The SMILES string of the molecule is CCOC(=O)N1CCN(c2ncnc(NC(C)CC)c2N)CC1. The molecule has 0 spiro atoms. The zero-order valence-corrected chi connectivity index (χ0v) is 14.1. The topological polar surface area (TPSA) is 96.6 Å². The van der Waals surface area contributed by atoms with Crippen LogP contribution in [0, 0.1) is 0 Å². The lowest BCUT2D eigenvalue weighted by molar-refractivity contribution is 0.105. The number of rotatable bonds is 5. The zero-order valence-electron chi connectivity index (χ0n) is 14.1. The molecular weight excluding hydrogens is 296 g/mol. The molecule has 3 N–H and O–H groups in total. The van der Waals surface area contributed by atoms with Gasteiger partial charge in [0.15, 0.2) is 11.6 Å². The average molecular weight is 322 g/mol. The Kier molecular flexibility index (Phi) is 5.84. The quantitative estimate of drug-likeness (QED) is 0.849. The fourth-order valence-electron chi connectivity index (χ4n) is 2.40. The van der Waals surface area contributed by atoms with E-state index in [1.165, 1.54) is 6.33 Å². The van der Waals surface area contributed by atoms with E-state index in [4.69, 9.17) is 10.5 Å². The molecular formula is C15H26N6O2. The van der Waals surface area contributed by atoms with Crippen LogP contribution < -0.4 is 16.0 Å². The molecule has 8 heteroatoms. The second-order valence-corrected chi connectivity index (χ2v) is 5.59. The first-order valence-corrected chi connectivity index (χ1v) is 8.10. The molecule has 1 aromatic rings. The van der Waals surface area contributed by atoms with Gasteiger partial charge in [-0.2, -0.15) is 0 Å². The van der Waals surface area contributed by atoms with Crippen molar-refractivity contribution in [3.8, 4) is 0 Å². The Morgan fingerprint density at radius 3 is 2.65 bits per heavy atom. The van der Waals surface area contributed by atoms with Crippen molar-refractivity contribution in [2.45, 2.75) is 33.2 Å². The molecule has 1 saturated heterocycles. The number of piperazine rings is 1. The first-order valence-electron chi connectivity index (χ1n) is 8.10. The van der Waals surface area contributed by atoms with Crippen LogP contribution in [0.2, 0.25) is 0 Å². The third kappa shape index (κ3) is 4.14. The smallest absolute Gasteiger partial charge is 0.409 e. The summed E-state index contributed by atoms with van der Waals surface area (Å²) in [4.78, 5) is 24.1. The van der Waals surface area contributed by atoms with Gasteiger partial charge in [0, 0.05) is 32.2 Å². The highest BCUT2D eigenvalue weighted by atomic mass is 16.6. The molecule has 23 heavy (non-hydrogen) atoms. The summed E-state index contributed by atoms with van der Waals surface area (Å²) in [6.07, 6.45) is 2.24. The minimum Gasteiger partial charge on any atom is -0.450 e. The molecule has 128 valence electrons. The van der Waals surface area contributed by atoms with E-state index >= 15 is 0 Å². The highest BCUT2D eigenvalue weighted by Crippen LogP contribution is 2.27. The molecule has 1 aliphatic heterocycles. The number of nitrogens with zero attached hydrogens (tertiary/aromatic N) is 4. The number of anilines is 3. The molecule has 0 bridgehead atoms. The van der Waals surface area contributed by atoms with Crippen LogP contribution in [0.1, 0.15) is 27.2 Å². The Bertz CT molecular complexity index is 531. The van der Waals surface area contributed by atoms with Gasteiger partial charge >= 0.3 is 6.09 Å². The van der Waals surface area contributed by atoms with E-state index in [1.54, 1.807) is 4.90 Å². The van der Waals surface area contributed by atoms with Gasteiger partial charge in [-0.15, -0.1) is 0 Å². The van der Waals surface area contributed by atoms with E-state index in [0.717, 1.165) is 6.42 Å². The van der Waals surface area contributed by atoms with Crippen molar-refractivity contribution in [3.63, 3.8) is 0 Å². The maximum Gasteiger partial charge on any atom is 0.409 e. The summed E-state index contributed by atoms with van der Waals surface area (Å²) in [7, 11) is 0. The average Bonchev–Trinajstić information content (AvgIpc) is 2.57. The Hall–Kier alpha value is -2.25. The van der Waals surface area contributed by atoms with Gasteiger partial charge in [0.2, 0.25) is 0 Å². The summed E-state index contributed by atoms with van der Waals surface area (Å²) in [6.45, 7) is 8.91. The number of carbonyl (C=O) groups excluding carboxylic acids is 1. The van der Waals surface area contributed by atoms with Gasteiger partial charge < -0.3 is 25.6 Å². The predicted molar refractivity (Wildman–Crippen MR) is 90.6 cm³/mol. The Balaban J connectivity index is 2.03. The molecule has 0 aromatic carbocycles. The van der Waals surface area contributed by atoms with E-state index in [1.807, 2.05) is 6.92 Å². The van der Waals surface area contributed by atoms with Crippen molar-refractivity contribution >= 4 is 23.4 Å². The number of ether oxygens (including phenoxy) is 1. The molecule has 0 aliphatic carbocycles. The van der Waals surface area contributed by atoms with Gasteiger partial charge in [-0.05, 0) is 20.3 Å². The molecule has 1 fully saturated rings. The lowest BCUT2D eigenvalue weighted by atomic mass is 10.2. The van der Waals surface area contributed by atoms with E-state index in [9.17, 15) is 4.79 Å². The maximum absolute atomic E-state index is 11.7. The molecule has 2 heterocycles. The number of hydrogen-bond acceptors (Lipinski definition) is 7. The Morgan fingerprint density at radius 1 is 1.35 bits per heavy atom. The lowest BCUT2D eigenvalue weighted by Gasteiger charge is -2.35. The first kappa shape index (κ1) is 17.1. The molecule has 0 saturated carbocycles. The zero-order chi connectivity index (χ0) is 16.8. The molecule has 2 rings (SSSR count). The fraction of sp³-hybridized carbons (Fsp3) is 0.667. The molecule has 8 nitrogen and oxygen atoms in total. The van der Waals surface area contributed by atoms with Crippen LogP contribution in [0.25, 0.3) is 0 Å². The van der Waals surface area contributed by atoms with Crippen molar-refractivity contribution in [3.05, 3.63) is 6.33 Å². The van der Waals surface area contributed by atoms with Crippen LogP contribution in [0.5, 0.6) is 0 Å². The minimum absolute atomic E-state index is 0.262. The summed E-state index contributed by atoms with van der Waals surface area (Å²) in [6, 6.07) is 0.292. The van der Waals surface area contributed by atoms with Gasteiger partial charge in [-0.3, -0.25) is 0 Å². The number of nitrogen functional groups attached to an aromatic ring is 1. The maximum atomic E-state index is 11.7. The van der Waals surface area contributed by atoms with E-state index in [-0.39, 0.29) is 6.09 Å². The first-order chi connectivity index (χ1) is 11.1. The predicted octanol–water partition coefficient (Wildman–Crippen LogP) is 1.55. The third-order valence-corrected chi connectivity index (χ3v) is 3.96. The van der Waals surface area contributed by atoms with Gasteiger partial charge in [0.05, 0.1) is 6.61 Å². The van der Waals surface area contributed by atoms with Gasteiger partial charge in [-0.1, -0.05) is 6.92 Å². The normalized spacial score (nSPS) is 16.1. The van der Waals surface area contributed by atoms with Crippen LogP contribution >= 0.6 is 0 Å². The van der Waals surface area contributed by atoms with Crippen LogP contribution in [-0.4, -0.2) is 59.8 Å². The molecule has 1 unspecified atom stereocenters. The lowest BCUT2D eigenvalue weighted by Crippen LogP contribution is -2.49. The second-order valence-electron chi connectivity index (χ2n) is 5.59. The fourth-order valence-corrected chi connectivity index (χ4v) is 2.40. The van der Waals surface area contributed by atoms with E-state index < -0.39 is 0 Å². The van der Waals surface area contributed by atoms with E-state index in [0.29, 0.717) is 56.2 Å². The van der Waals surface area contributed by atoms with Crippen molar-refractivity contribution in [1.29, 1.82) is 0 Å². The molecule has 0 radical (unpaired) electrons. The summed E-state index contributed by atoms with van der Waals surface area (Å²) < 4.78 is 5.03. The summed E-state index contributed by atoms with van der Waals surface area (Å²) in [5.41, 5.74) is 6.78. The van der Waals surface area contributed by atoms with Crippen LogP contribution in [0.15, 0.2) is 6.33 Å². The van der Waals surface area contributed by atoms with E-state index in [2.05, 4.69) is 34.0 Å². The van der Waals surface area contributed by atoms with Gasteiger partial charge in [-0.25, -0.2) is 14.8 Å². The monoisotopic (exact) mass is 322 g/mol. The minimum atomic E-state index is -0.262. The number of nitrogens with one attached hydrogen (secondary N) is 1. The van der Waals surface area contributed by atoms with Crippen molar-refractivity contribution in [2.75, 3.05) is 48.7 Å². The van der Waals surface area contributed by atoms with Crippen molar-refractivity contribution in [2.24, 2.45) is 0 Å². The van der Waals surface area contributed by atoms with Gasteiger partial charge in [0.25, 0.3) is 0 Å². The third-order valence-electron chi connectivity index (χ3n) is 3.96. The molecule has 1 amide bonds. The van der Waals surface area contributed by atoms with Crippen LogP contribution in [0.4, 0.5) is 22.1 Å². The van der Waals surface area contributed by atoms with Crippen molar-refractivity contribution in [1.82, 2.24) is 14.9 Å². The summed E-state index contributed by atoms with van der Waals surface area (Å²) in [5, 5.41) is 3.30. The molecule has 1 aliphatic rings. The molecule has 1 atom stereocenters. The number of hydrogen-bond donors (Lipinski definition) is 2. The summed E-state index contributed by atoms with van der Waals surface area (Å²) in [5.74, 6) is 1.38. The second kappa shape index (κ2) is 7.85. The van der Waals surface area contributed by atoms with Gasteiger partial charge in [0.1, 0.15) is 12.0 Å². The highest BCUT2D eigenvalue weighted by molar-refractivity contribution is 5.75. The number of amides is 1. The number of aromatic nitrogens is 2. The summed E-state index contributed by atoms with van der Waals surface area (Å²) >= 11 is 0. The largest absolute Gasteiger partial charge is 0.450 e. The van der Waals surface area contributed by atoms with Crippen LogP contribution in [0.3, 0.4) is 0 Å². The van der Waals surface area contributed by atoms with Crippen molar-refractivity contribution < 1.29 is 9.53 Å². The highest BCUT2D eigenvalue weighted by Gasteiger charge is 2.24. The Morgan fingerprint density at radius 2 is 2.04 bits per heavy atom. The standard InChI is InChI=1S/C15H26N6O2/c1-4-11(3)19-13-12(16)14(18-10-17-13)20-6-8-21(9-7-20)15(22)23-5-2/h10-11H,4-9,16H2,1-3H3,(H,17,18,19). The number of carbonyl (C=O) groups is 1.